The van der Waals surface area contributed by atoms with Crippen molar-refractivity contribution >= 4 is 5.69 Å². The Morgan fingerprint density at radius 3 is 2.79 bits per heavy atom. The fourth-order valence-electron chi connectivity index (χ4n) is 2.66. The molecule has 1 heterocycles. The molecule has 1 aromatic carbocycles. The Labute approximate surface area is 109 Å². The SMILES string of the molecule is Cn1cc(N)c(=O)n(CC2Cc3ccccc32)c1=O. The fourth-order valence-corrected chi connectivity index (χ4v) is 2.66. The highest BCUT2D eigenvalue weighted by Gasteiger charge is 2.26. The van der Waals surface area contributed by atoms with Gasteiger partial charge in [-0.1, -0.05) is 24.3 Å². The summed E-state index contributed by atoms with van der Waals surface area (Å²) in [6.07, 6.45) is 2.27. The number of fused-ring (bicyclic) bond motifs is 1. The summed E-state index contributed by atoms with van der Waals surface area (Å²) in [6.45, 7) is 0.396. The molecule has 1 aliphatic carbocycles. The molecule has 2 N–H and O–H groups in total. The van der Waals surface area contributed by atoms with Crippen molar-refractivity contribution in [2.45, 2.75) is 18.9 Å². The van der Waals surface area contributed by atoms with Crippen LogP contribution in [0.2, 0.25) is 0 Å². The second kappa shape index (κ2) is 4.12. The van der Waals surface area contributed by atoms with Gasteiger partial charge in [-0.2, -0.15) is 0 Å². The maximum Gasteiger partial charge on any atom is 0.330 e. The number of aromatic nitrogens is 2. The molecule has 0 spiro atoms. The van der Waals surface area contributed by atoms with Gasteiger partial charge in [0.15, 0.2) is 0 Å². The molecule has 0 fully saturated rings. The summed E-state index contributed by atoms with van der Waals surface area (Å²) in [4.78, 5) is 24.0. The molecule has 1 unspecified atom stereocenters. The van der Waals surface area contributed by atoms with Gasteiger partial charge in [-0.05, 0) is 17.5 Å². The molecule has 0 saturated heterocycles. The normalized spacial score (nSPS) is 16.8. The van der Waals surface area contributed by atoms with E-state index in [1.807, 2.05) is 18.2 Å². The number of rotatable bonds is 2. The van der Waals surface area contributed by atoms with Crippen molar-refractivity contribution in [1.82, 2.24) is 9.13 Å². The average molecular weight is 257 g/mol. The van der Waals surface area contributed by atoms with E-state index in [-0.39, 0.29) is 17.3 Å². The van der Waals surface area contributed by atoms with Crippen LogP contribution in [0, 0.1) is 0 Å². The summed E-state index contributed by atoms with van der Waals surface area (Å²) in [5.41, 5.74) is 7.54. The van der Waals surface area contributed by atoms with E-state index in [9.17, 15) is 9.59 Å². The lowest BCUT2D eigenvalue weighted by Crippen LogP contribution is -2.42. The molecule has 0 bridgehead atoms. The molecule has 1 aliphatic rings. The minimum Gasteiger partial charge on any atom is -0.393 e. The minimum absolute atomic E-state index is 0.106. The molecule has 5 nitrogen and oxygen atoms in total. The van der Waals surface area contributed by atoms with Crippen LogP contribution in [0.1, 0.15) is 17.0 Å². The first-order valence-electron chi connectivity index (χ1n) is 6.21. The molecule has 19 heavy (non-hydrogen) atoms. The molecule has 3 rings (SSSR count). The highest BCUT2D eigenvalue weighted by molar-refractivity contribution is 5.40. The Morgan fingerprint density at radius 1 is 1.32 bits per heavy atom. The molecule has 1 atom stereocenters. The van der Waals surface area contributed by atoms with Crippen LogP contribution in [0.5, 0.6) is 0 Å². The highest BCUT2D eigenvalue weighted by atomic mass is 16.2. The van der Waals surface area contributed by atoms with Gasteiger partial charge < -0.3 is 10.3 Å². The number of nitrogens with two attached hydrogens (primary N) is 1. The van der Waals surface area contributed by atoms with E-state index in [1.165, 1.54) is 26.5 Å². The summed E-state index contributed by atoms with van der Waals surface area (Å²) >= 11 is 0. The van der Waals surface area contributed by atoms with Crippen LogP contribution in [0.25, 0.3) is 0 Å². The van der Waals surface area contributed by atoms with Crippen molar-refractivity contribution in [1.29, 1.82) is 0 Å². The molecule has 0 saturated carbocycles. The molecule has 0 amide bonds. The summed E-state index contributed by atoms with van der Waals surface area (Å²) in [6, 6.07) is 8.10. The third kappa shape index (κ3) is 1.78. The first-order valence-corrected chi connectivity index (χ1v) is 6.21. The predicted molar refractivity (Wildman–Crippen MR) is 73.2 cm³/mol. The Hall–Kier alpha value is -2.30. The topological polar surface area (TPSA) is 70.0 Å². The van der Waals surface area contributed by atoms with Crippen LogP contribution in [0.3, 0.4) is 0 Å². The zero-order valence-corrected chi connectivity index (χ0v) is 10.7. The van der Waals surface area contributed by atoms with Gasteiger partial charge >= 0.3 is 5.69 Å². The first kappa shape index (κ1) is 11.8. The van der Waals surface area contributed by atoms with Crippen molar-refractivity contribution in [3.63, 3.8) is 0 Å². The number of nitrogen functional groups attached to an aromatic ring is 1. The maximum atomic E-state index is 12.0. The van der Waals surface area contributed by atoms with Crippen LogP contribution in [0.4, 0.5) is 5.69 Å². The smallest absolute Gasteiger partial charge is 0.330 e. The molecule has 98 valence electrons. The van der Waals surface area contributed by atoms with Gasteiger partial charge in [-0.25, -0.2) is 4.79 Å². The van der Waals surface area contributed by atoms with E-state index < -0.39 is 5.56 Å². The lowest BCUT2D eigenvalue weighted by atomic mass is 9.77. The summed E-state index contributed by atoms with van der Waals surface area (Å²) < 4.78 is 2.58. The molecule has 5 heteroatoms. The van der Waals surface area contributed by atoms with Crippen molar-refractivity contribution in [2.24, 2.45) is 7.05 Å². The van der Waals surface area contributed by atoms with Crippen molar-refractivity contribution in [2.75, 3.05) is 5.73 Å². The van der Waals surface area contributed by atoms with Crippen LogP contribution in [-0.4, -0.2) is 9.13 Å². The second-order valence-electron chi connectivity index (χ2n) is 4.99. The number of nitrogens with zero attached hydrogens (tertiary/aromatic N) is 2. The van der Waals surface area contributed by atoms with Gasteiger partial charge in [-0.3, -0.25) is 9.36 Å². The van der Waals surface area contributed by atoms with E-state index >= 15 is 0 Å². The van der Waals surface area contributed by atoms with E-state index in [0.29, 0.717) is 6.54 Å². The Balaban J connectivity index is 1.99. The lowest BCUT2D eigenvalue weighted by Gasteiger charge is -2.30. The Kier molecular flexibility index (Phi) is 2.55. The molecule has 0 radical (unpaired) electrons. The van der Waals surface area contributed by atoms with Gasteiger partial charge in [0.05, 0.1) is 0 Å². The predicted octanol–water partition coefficient (Wildman–Crippen LogP) is 0.469. The summed E-state index contributed by atoms with van der Waals surface area (Å²) in [5, 5.41) is 0. The van der Waals surface area contributed by atoms with Gasteiger partial charge in [0.25, 0.3) is 5.56 Å². The van der Waals surface area contributed by atoms with Crippen molar-refractivity contribution in [3.8, 4) is 0 Å². The molecular formula is C14H15N3O2. The number of benzene rings is 1. The van der Waals surface area contributed by atoms with E-state index in [0.717, 1.165) is 6.42 Å². The van der Waals surface area contributed by atoms with Gasteiger partial charge in [0, 0.05) is 25.7 Å². The monoisotopic (exact) mass is 257 g/mol. The van der Waals surface area contributed by atoms with Crippen LogP contribution in [0.15, 0.2) is 40.1 Å². The van der Waals surface area contributed by atoms with E-state index in [2.05, 4.69) is 6.07 Å². The maximum absolute atomic E-state index is 12.0. The van der Waals surface area contributed by atoms with Crippen LogP contribution >= 0.6 is 0 Å². The summed E-state index contributed by atoms with van der Waals surface area (Å²) in [7, 11) is 1.60. The van der Waals surface area contributed by atoms with Crippen molar-refractivity contribution in [3.05, 3.63) is 62.4 Å². The minimum atomic E-state index is -0.396. The lowest BCUT2D eigenvalue weighted by molar-refractivity contribution is 0.473. The molecular weight excluding hydrogens is 242 g/mol. The number of anilines is 1. The number of aryl methyl sites for hydroxylation is 1. The van der Waals surface area contributed by atoms with E-state index in [1.54, 1.807) is 7.05 Å². The molecule has 1 aromatic heterocycles. The van der Waals surface area contributed by atoms with Crippen molar-refractivity contribution < 1.29 is 0 Å². The standard InChI is InChI=1S/C14H15N3O2/c1-16-8-12(15)13(18)17(14(16)19)7-10-6-9-4-2-3-5-11(9)10/h2-5,8,10H,6-7,15H2,1H3. The number of hydrogen-bond acceptors (Lipinski definition) is 3. The average Bonchev–Trinajstić information content (AvgIpc) is 2.37. The highest BCUT2D eigenvalue weighted by Crippen LogP contribution is 2.35. The number of hydrogen-bond donors (Lipinski definition) is 1. The molecule has 2 aromatic rings. The largest absolute Gasteiger partial charge is 0.393 e. The van der Waals surface area contributed by atoms with E-state index in [4.69, 9.17) is 5.73 Å². The van der Waals surface area contributed by atoms with Crippen LogP contribution in [-0.2, 0) is 20.0 Å². The molecule has 0 aliphatic heterocycles. The first-order chi connectivity index (χ1) is 9.08. The second-order valence-corrected chi connectivity index (χ2v) is 4.99. The zero-order chi connectivity index (χ0) is 13.6. The quantitative estimate of drug-likeness (QED) is 0.850. The Bertz CT molecular complexity index is 724. The van der Waals surface area contributed by atoms with Gasteiger partial charge in [0.1, 0.15) is 5.69 Å². The third-order valence-corrected chi connectivity index (χ3v) is 3.72. The summed E-state index contributed by atoms with van der Waals surface area (Å²) in [5.74, 6) is 0.225. The van der Waals surface area contributed by atoms with Gasteiger partial charge in [-0.15, -0.1) is 0 Å². The van der Waals surface area contributed by atoms with Gasteiger partial charge in [0.2, 0.25) is 0 Å². The Morgan fingerprint density at radius 2 is 2.05 bits per heavy atom. The fraction of sp³-hybridized carbons (Fsp3) is 0.286. The zero-order valence-electron chi connectivity index (χ0n) is 10.7. The third-order valence-electron chi connectivity index (χ3n) is 3.72. The van der Waals surface area contributed by atoms with Crippen LogP contribution < -0.4 is 17.0 Å².